The van der Waals surface area contributed by atoms with E-state index in [0.29, 0.717) is 26.2 Å². The molecule has 0 bridgehead atoms. The second kappa shape index (κ2) is 6.27. The van der Waals surface area contributed by atoms with Crippen LogP contribution in [0, 0.1) is 11.3 Å². The van der Waals surface area contributed by atoms with Gasteiger partial charge in [-0.1, -0.05) is 29.3 Å². The van der Waals surface area contributed by atoms with Gasteiger partial charge in [0, 0.05) is 9.92 Å². The summed E-state index contributed by atoms with van der Waals surface area (Å²) in [6, 6.07) is 11.8. The minimum atomic E-state index is -1.28. The lowest BCUT2D eigenvalue weighted by atomic mass is 10.2. The van der Waals surface area contributed by atoms with Gasteiger partial charge in [0.15, 0.2) is 0 Å². The maximum atomic E-state index is 12.3. The van der Waals surface area contributed by atoms with Crippen molar-refractivity contribution in [1.82, 2.24) is 0 Å². The van der Waals surface area contributed by atoms with Crippen molar-refractivity contribution in [2.75, 3.05) is 5.73 Å². The number of nitrogens with zero attached hydrogens (tertiary/aromatic N) is 1. The second-order valence-corrected chi connectivity index (χ2v) is 6.36. The zero-order valence-corrected chi connectivity index (χ0v) is 12.6. The third kappa shape index (κ3) is 3.31. The Kier molecular flexibility index (Phi) is 4.66. The molecule has 6 heteroatoms. The molecule has 0 aromatic heterocycles. The van der Waals surface area contributed by atoms with Crippen molar-refractivity contribution in [2.24, 2.45) is 0 Å². The third-order valence-electron chi connectivity index (χ3n) is 2.70. The highest BCUT2D eigenvalue weighted by Crippen LogP contribution is 2.25. The first-order valence-electron chi connectivity index (χ1n) is 5.63. The predicted octanol–water partition coefficient (Wildman–Crippen LogP) is 3.76. The molecule has 2 rings (SSSR count). The van der Waals surface area contributed by atoms with Crippen LogP contribution in [-0.4, -0.2) is 4.21 Å². The van der Waals surface area contributed by atoms with E-state index in [-0.39, 0.29) is 5.75 Å². The normalized spacial score (nSPS) is 11.8. The fourth-order valence-corrected chi connectivity index (χ4v) is 3.35. The van der Waals surface area contributed by atoms with E-state index in [1.807, 2.05) is 6.07 Å². The van der Waals surface area contributed by atoms with Crippen LogP contribution in [0.25, 0.3) is 0 Å². The minimum absolute atomic E-state index is 0.255. The molecule has 102 valence electrons. The van der Waals surface area contributed by atoms with Crippen molar-refractivity contribution in [1.29, 1.82) is 5.26 Å². The summed E-state index contributed by atoms with van der Waals surface area (Å²) >= 11 is 12.0. The van der Waals surface area contributed by atoms with Gasteiger partial charge in [0.2, 0.25) is 0 Å². The molecular formula is C14H10Cl2N2OS. The average molecular weight is 325 g/mol. The Balaban J connectivity index is 2.23. The monoisotopic (exact) mass is 324 g/mol. The molecule has 0 saturated heterocycles. The van der Waals surface area contributed by atoms with Gasteiger partial charge < -0.3 is 5.73 Å². The third-order valence-corrected chi connectivity index (χ3v) is 4.74. The fourth-order valence-electron chi connectivity index (χ4n) is 1.61. The molecule has 2 aromatic rings. The van der Waals surface area contributed by atoms with E-state index in [1.165, 1.54) is 0 Å². The van der Waals surface area contributed by atoms with E-state index < -0.39 is 10.8 Å². The number of rotatable bonds is 3. The second-order valence-electron chi connectivity index (χ2n) is 4.09. The molecule has 0 amide bonds. The van der Waals surface area contributed by atoms with Crippen molar-refractivity contribution in [3.63, 3.8) is 0 Å². The zero-order valence-electron chi connectivity index (χ0n) is 10.3. The summed E-state index contributed by atoms with van der Waals surface area (Å²) in [6.07, 6.45) is 0. The van der Waals surface area contributed by atoms with Gasteiger partial charge in [-0.2, -0.15) is 5.26 Å². The first-order chi connectivity index (χ1) is 9.51. The SMILES string of the molecule is N#Cc1ccc(CS(=O)c2ccc(N)c(Cl)c2)c(Cl)c1. The van der Waals surface area contributed by atoms with Crippen LogP contribution in [0.4, 0.5) is 5.69 Å². The molecule has 0 aliphatic rings. The van der Waals surface area contributed by atoms with Crippen molar-refractivity contribution in [3.05, 3.63) is 57.6 Å². The molecule has 1 unspecified atom stereocenters. The Labute approximate surface area is 129 Å². The smallest absolute Gasteiger partial charge is 0.0992 e. The van der Waals surface area contributed by atoms with Crippen LogP contribution < -0.4 is 5.73 Å². The maximum Gasteiger partial charge on any atom is 0.0992 e. The molecule has 0 spiro atoms. The van der Waals surface area contributed by atoms with Crippen LogP contribution in [0.5, 0.6) is 0 Å². The van der Waals surface area contributed by atoms with Crippen molar-refractivity contribution >= 4 is 39.7 Å². The summed E-state index contributed by atoms with van der Waals surface area (Å²) in [7, 11) is -1.28. The van der Waals surface area contributed by atoms with Gasteiger partial charge in [-0.05, 0) is 35.9 Å². The number of hydrogen-bond donors (Lipinski definition) is 1. The molecular weight excluding hydrogens is 315 g/mol. The summed E-state index contributed by atoms with van der Waals surface area (Å²) in [5.74, 6) is 0.255. The molecule has 1 atom stereocenters. The summed E-state index contributed by atoms with van der Waals surface area (Å²) in [6.45, 7) is 0. The molecule has 0 heterocycles. The van der Waals surface area contributed by atoms with Crippen LogP contribution in [0.2, 0.25) is 10.0 Å². The first-order valence-corrected chi connectivity index (χ1v) is 7.70. The summed E-state index contributed by atoms with van der Waals surface area (Å²) in [4.78, 5) is 0.588. The molecule has 0 radical (unpaired) electrons. The van der Waals surface area contributed by atoms with Crippen molar-refractivity contribution < 1.29 is 4.21 Å². The van der Waals surface area contributed by atoms with E-state index in [0.717, 1.165) is 5.56 Å². The van der Waals surface area contributed by atoms with Gasteiger partial charge in [-0.3, -0.25) is 4.21 Å². The van der Waals surface area contributed by atoms with Crippen LogP contribution in [0.3, 0.4) is 0 Å². The molecule has 3 nitrogen and oxygen atoms in total. The first kappa shape index (κ1) is 14.9. The number of halogens is 2. The highest BCUT2D eigenvalue weighted by Gasteiger charge is 2.10. The largest absolute Gasteiger partial charge is 0.398 e. The van der Waals surface area contributed by atoms with Crippen molar-refractivity contribution in [2.45, 2.75) is 10.6 Å². The quantitative estimate of drug-likeness (QED) is 0.874. The molecule has 2 aromatic carbocycles. The highest BCUT2D eigenvalue weighted by atomic mass is 35.5. The van der Waals surface area contributed by atoms with E-state index in [1.54, 1.807) is 36.4 Å². The number of nitrogens with two attached hydrogens (primary N) is 1. The summed E-state index contributed by atoms with van der Waals surface area (Å²) in [5, 5.41) is 9.58. The molecule has 0 aliphatic carbocycles. The van der Waals surface area contributed by atoms with Crippen LogP contribution in [-0.2, 0) is 16.6 Å². The Bertz CT molecular complexity index is 726. The minimum Gasteiger partial charge on any atom is -0.398 e. The summed E-state index contributed by atoms with van der Waals surface area (Å²) in [5.41, 5.74) is 7.25. The molecule has 0 fully saturated rings. The van der Waals surface area contributed by atoms with E-state index >= 15 is 0 Å². The van der Waals surface area contributed by atoms with E-state index in [9.17, 15) is 4.21 Å². The lowest BCUT2D eigenvalue weighted by Crippen LogP contribution is -1.98. The van der Waals surface area contributed by atoms with Crippen molar-refractivity contribution in [3.8, 4) is 6.07 Å². The number of anilines is 1. The molecule has 0 saturated carbocycles. The number of nitriles is 1. The van der Waals surface area contributed by atoms with Gasteiger partial charge in [0.05, 0.1) is 38.9 Å². The Morgan fingerprint density at radius 1 is 1.15 bits per heavy atom. The van der Waals surface area contributed by atoms with Crippen LogP contribution >= 0.6 is 23.2 Å². The van der Waals surface area contributed by atoms with Gasteiger partial charge >= 0.3 is 0 Å². The van der Waals surface area contributed by atoms with Gasteiger partial charge in [-0.15, -0.1) is 0 Å². The predicted molar refractivity (Wildman–Crippen MR) is 82.1 cm³/mol. The number of benzene rings is 2. The lowest BCUT2D eigenvalue weighted by molar-refractivity contribution is 0.682. The average Bonchev–Trinajstić information content (AvgIpc) is 2.43. The molecule has 2 N–H and O–H groups in total. The Morgan fingerprint density at radius 2 is 1.90 bits per heavy atom. The maximum absolute atomic E-state index is 12.3. The van der Waals surface area contributed by atoms with Gasteiger partial charge in [-0.25, -0.2) is 0 Å². The summed E-state index contributed by atoms with van der Waals surface area (Å²) < 4.78 is 12.3. The fraction of sp³-hybridized carbons (Fsp3) is 0.0714. The van der Waals surface area contributed by atoms with Crippen LogP contribution in [0.1, 0.15) is 11.1 Å². The topological polar surface area (TPSA) is 66.9 Å². The van der Waals surface area contributed by atoms with E-state index in [2.05, 4.69) is 0 Å². The molecule has 0 aliphatic heterocycles. The Hall–Kier alpha value is -1.54. The number of hydrogen-bond acceptors (Lipinski definition) is 3. The standard InChI is InChI=1S/C14H10Cl2N2OS/c15-12-5-9(7-17)1-2-10(12)8-20(19)11-3-4-14(18)13(16)6-11/h1-6H,8,18H2. The van der Waals surface area contributed by atoms with Crippen LogP contribution in [0.15, 0.2) is 41.3 Å². The number of nitrogen functional groups attached to an aromatic ring is 1. The zero-order chi connectivity index (χ0) is 14.7. The Morgan fingerprint density at radius 3 is 2.50 bits per heavy atom. The van der Waals surface area contributed by atoms with Gasteiger partial charge in [0.1, 0.15) is 0 Å². The van der Waals surface area contributed by atoms with E-state index in [4.69, 9.17) is 34.2 Å². The molecule has 20 heavy (non-hydrogen) atoms. The highest BCUT2D eigenvalue weighted by molar-refractivity contribution is 7.84. The lowest BCUT2D eigenvalue weighted by Gasteiger charge is -2.06. The van der Waals surface area contributed by atoms with Gasteiger partial charge in [0.25, 0.3) is 0 Å².